The topological polar surface area (TPSA) is 75.6 Å². The molecule has 0 atom stereocenters. The van der Waals surface area contributed by atoms with Gasteiger partial charge in [-0.3, -0.25) is 4.79 Å². The summed E-state index contributed by atoms with van der Waals surface area (Å²) < 4.78 is 45.4. The third kappa shape index (κ3) is 4.15. The van der Waals surface area contributed by atoms with E-state index >= 15 is 0 Å². The number of nitrogens with one attached hydrogen (secondary N) is 1. The van der Waals surface area contributed by atoms with Gasteiger partial charge >= 0.3 is 18.0 Å². The lowest BCUT2D eigenvalue weighted by atomic mass is 9.88. The Hall–Kier alpha value is -2.77. The number of carbonyl (C=O) groups excluding carboxylic acids is 1. The minimum absolute atomic E-state index is 0.0546. The molecule has 0 radical (unpaired) electrons. The van der Waals surface area contributed by atoms with E-state index in [0.717, 1.165) is 5.57 Å². The van der Waals surface area contributed by atoms with Crippen molar-refractivity contribution in [3.05, 3.63) is 45.5 Å². The lowest BCUT2D eigenvalue weighted by molar-refractivity contribution is -0.136. The molecule has 27 heavy (non-hydrogen) atoms. The molecule has 0 amide bonds. The van der Waals surface area contributed by atoms with Gasteiger partial charge in [0.2, 0.25) is 0 Å². The lowest BCUT2D eigenvalue weighted by Gasteiger charge is -2.19. The molecule has 1 heterocycles. The van der Waals surface area contributed by atoms with Crippen LogP contribution in [-0.4, -0.2) is 24.1 Å². The SMILES string of the molecule is CNc1c(C/C=C(\C)CCC(=O)O)c(C(F)=C(F)F)c(C)c2c1C(=O)OC2. The van der Waals surface area contributed by atoms with Crippen molar-refractivity contribution in [2.24, 2.45) is 0 Å². The van der Waals surface area contributed by atoms with E-state index in [4.69, 9.17) is 9.84 Å². The van der Waals surface area contributed by atoms with E-state index in [1.54, 1.807) is 13.0 Å². The van der Waals surface area contributed by atoms with E-state index in [1.165, 1.54) is 14.0 Å². The highest BCUT2D eigenvalue weighted by Gasteiger charge is 2.32. The fraction of sp³-hybridized carbons (Fsp3) is 0.368. The number of halogens is 3. The molecule has 0 aliphatic carbocycles. The van der Waals surface area contributed by atoms with E-state index in [-0.39, 0.29) is 53.8 Å². The summed E-state index contributed by atoms with van der Waals surface area (Å²) in [6.07, 6.45) is -0.534. The molecule has 1 aliphatic heterocycles. The van der Waals surface area contributed by atoms with Crippen molar-refractivity contribution >= 4 is 23.5 Å². The number of carboxylic acids is 1. The number of ether oxygens (including phenoxy) is 1. The van der Waals surface area contributed by atoms with Crippen molar-refractivity contribution in [1.82, 2.24) is 0 Å². The molecular weight excluding hydrogens is 363 g/mol. The molecule has 0 unspecified atom stereocenters. The highest BCUT2D eigenvalue weighted by Crippen LogP contribution is 2.41. The number of anilines is 1. The number of allylic oxidation sites excluding steroid dienone is 2. The summed E-state index contributed by atoms with van der Waals surface area (Å²) in [6, 6.07) is 0. The van der Waals surface area contributed by atoms with Crippen molar-refractivity contribution in [2.75, 3.05) is 12.4 Å². The van der Waals surface area contributed by atoms with Gasteiger partial charge in [-0.25, -0.2) is 9.18 Å². The number of rotatable bonds is 7. The van der Waals surface area contributed by atoms with Gasteiger partial charge in [0.25, 0.3) is 0 Å². The quantitative estimate of drug-likeness (QED) is 0.532. The molecule has 2 N–H and O–H groups in total. The fourth-order valence-corrected chi connectivity index (χ4v) is 3.16. The Morgan fingerprint density at radius 2 is 1.96 bits per heavy atom. The molecule has 8 heteroatoms. The Balaban J connectivity index is 2.63. The number of fused-ring (bicyclic) bond motifs is 1. The zero-order chi connectivity index (χ0) is 20.3. The first-order chi connectivity index (χ1) is 12.7. The molecule has 0 saturated carbocycles. The monoisotopic (exact) mass is 383 g/mol. The molecule has 0 saturated heterocycles. The number of benzene rings is 1. The van der Waals surface area contributed by atoms with Crippen LogP contribution in [0.3, 0.4) is 0 Å². The standard InChI is InChI=1S/C19H20F3NO4/c1-9(5-7-13(24)25)4-6-11-14(16(20)18(21)22)10(2)12-8-27-19(26)15(12)17(11)23-3/h4,23H,5-8H2,1-3H3,(H,24,25)/b9-4+. The maximum absolute atomic E-state index is 14.3. The normalized spacial score (nSPS) is 13.3. The summed E-state index contributed by atoms with van der Waals surface area (Å²) in [5.41, 5.74) is 1.73. The Labute approximate surface area is 154 Å². The third-order valence-corrected chi connectivity index (χ3v) is 4.56. The van der Waals surface area contributed by atoms with Crippen molar-refractivity contribution in [3.63, 3.8) is 0 Å². The molecule has 1 aliphatic rings. The first-order valence-electron chi connectivity index (χ1n) is 8.30. The van der Waals surface area contributed by atoms with Crippen LogP contribution in [0.1, 0.15) is 52.4 Å². The van der Waals surface area contributed by atoms with Crippen LogP contribution in [0.5, 0.6) is 0 Å². The van der Waals surface area contributed by atoms with Crippen molar-refractivity contribution in [2.45, 2.75) is 39.7 Å². The predicted octanol–water partition coefficient (Wildman–Crippen LogP) is 4.60. The van der Waals surface area contributed by atoms with Crippen molar-refractivity contribution in [3.8, 4) is 0 Å². The number of aliphatic carboxylic acids is 1. The van der Waals surface area contributed by atoms with Crippen LogP contribution >= 0.6 is 0 Å². The van der Waals surface area contributed by atoms with Gasteiger partial charge in [-0.15, -0.1) is 0 Å². The van der Waals surface area contributed by atoms with Gasteiger partial charge in [-0.1, -0.05) is 11.6 Å². The van der Waals surface area contributed by atoms with Gasteiger partial charge < -0.3 is 15.2 Å². The molecule has 0 bridgehead atoms. The van der Waals surface area contributed by atoms with E-state index < -0.39 is 23.8 Å². The van der Waals surface area contributed by atoms with Crippen molar-refractivity contribution in [1.29, 1.82) is 0 Å². The minimum atomic E-state index is -2.45. The summed E-state index contributed by atoms with van der Waals surface area (Å²) in [4.78, 5) is 22.8. The van der Waals surface area contributed by atoms with Gasteiger partial charge in [0.15, 0.2) is 5.83 Å². The van der Waals surface area contributed by atoms with Crippen LogP contribution in [-0.2, 0) is 22.6 Å². The second-order valence-electron chi connectivity index (χ2n) is 6.26. The Bertz CT molecular complexity index is 855. The second kappa shape index (κ2) is 8.28. The van der Waals surface area contributed by atoms with Gasteiger partial charge in [-0.2, -0.15) is 8.78 Å². The van der Waals surface area contributed by atoms with E-state index in [1.807, 2.05) is 0 Å². The third-order valence-electron chi connectivity index (χ3n) is 4.56. The first-order valence-corrected chi connectivity index (χ1v) is 8.30. The molecule has 146 valence electrons. The molecule has 1 aromatic rings. The van der Waals surface area contributed by atoms with Crippen LogP contribution < -0.4 is 5.32 Å². The van der Waals surface area contributed by atoms with Gasteiger partial charge in [0.1, 0.15) is 6.61 Å². The van der Waals surface area contributed by atoms with E-state index in [0.29, 0.717) is 5.56 Å². The van der Waals surface area contributed by atoms with E-state index in [9.17, 15) is 22.8 Å². The van der Waals surface area contributed by atoms with Crippen LogP contribution in [0, 0.1) is 6.92 Å². The van der Waals surface area contributed by atoms with Crippen LogP contribution in [0.15, 0.2) is 17.7 Å². The molecule has 5 nitrogen and oxygen atoms in total. The zero-order valence-electron chi connectivity index (χ0n) is 15.2. The molecule has 0 aromatic heterocycles. The van der Waals surface area contributed by atoms with Crippen LogP contribution in [0.25, 0.3) is 5.83 Å². The number of cyclic esters (lactones) is 1. The van der Waals surface area contributed by atoms with Crippen LogP contribution in [0.2, 0.25) is 0 Å². The largest absolute Gasteiger partial charge is 0.481 e. The number of esters is 1. The smallest absolute Gasteiger partial charge is 0.341 e. The van der Waals surface area contributed by atoms with Crippen LogP contribution in [0.4, 0.5) is 18.9 Å². The fourth-order valence-electron chi connectivity index (χ4n) is 3.16. The summed E-state index contributed by atoms with van der Waals surface area (Å²) in [5, 5.41) is 11.6. The average Bonchev–Trinajstić information content (AvgIpc) is 2.99. The zero-order valence-corrected chi connectivity index (χ0v) is 15.2. The molecule has 0 fully saturated rings. The number of carboxylic acid groups (broad SMARTS) is 1. The summed E-state index contributed by atoms with van der Waals surface area (Å²) in [7, 11) is 1.51. The minimum Gasteiger partial charge on any atom is -0.481 e. The Kier molecular flexibility index (Phi) is 6.30. The van der Waals surface area contributed by atoms with Gasteiger partial charge in [0, 0.05) is 24.6 Å². The van der Waals surface area contributed by atoms with Gasteiger partial charge in [-0.05, 0) is 37.8 Å². The number of hydrogen-bond acceptors (Lipinski definition) is 4. The van der Waals surface area contributed by atoms with E-state index in [2.05, 4.69) is 5.32 Å². The molecular formula is C19H20F3NO4. The highest BCUT2D eigenvalue weighted by molar-refractivity contribution is 6.02. The molecule has 1 aromatic carbocycles. The summed E-state index contributed by atoms with van der Waals surface area (Å²) in [5.74, 6) is -3.19. The number of hydrogen-bond donors (Lipinski definition) is 2. The average molecular weight is 383 g/mol. The van der Waals surface area contributed by atoms with Crippen molar-refractivity contribution < 1.29 is 32.6 Å². The summed E-state index contributed by atoms with van der Waals surface area (Å²) >= 11 is 0. The second-order valence-corrected chi connectivity index (χ2v) is 6.26. The Morgan fingerprint density at radius 3 is 2.52 bits per heavy atom. The predicted molar refractivity (Wildman–Crippen MR) is 94.4 cm³/mol. The highest BCUT2D eigenvalue weighted by atomic mass is 19.3. The maximum Gasteiger partial charge on any atom is 0.341 e. The summed E-state index contributed by atoms with van der Waals surface area (Å²) in [6.45, 7) is 3.08. The molecule has 0 spiro atoms. The lowest BCUT2D eigenvalue weighted by Crippen LogP contribution is -2.10. The Morgan fingerprint density at radius 1 is 1.30 bits per heavy atom. The maximum atomic E-state index is 14.3. The van der Waals surface area contributed by atoms with Gasteiger partial charge in [0.05, 0.1) is 11.3 Å². The number of carbonyl (C=O) groups is 2. The first kappa shape index (κ1) is 20.5. The molecule has 2 rings (SSSR count).